The van der Waals surface area contributed by atoms with Crippen molar-refractivity contribution in [2.24, 2.45) is 5.73 Å². The second-order valence-electron chi connectivity index (χ2n) is 4.78. The van der Waals surface area contributed by atoms with Crippen LogP contribution in [0.15, 0.2) is 45.6 Å². The van der Waals surface area contributed by atoms with Crippen molar-refractivity contribution in [3.8, 4) is 0 Å². The van der Waals surface area contributed by atoms with Gasteiger partial charge in [-0.2, -0.15) is 11.3 Å². The molecule has 0 fully saturated rings. The predicted octanol–water partition coefficient (Wildman–Crippen LogP) is 3.15. The first-order chi connectivity index (χ1) is 9.91. The van der Waals surface area contributed by atoms with E-state index in [0.29, 0.717) is 0 Å². The number of hydrogen-bond acceptors (Lipinski definition) is 4. The van der Waals surface area contributed by atoms with Crippen LogP contribution in [0.25, 0.3) is 0 Å². The number of rotatable bonds is 6. The summed E-state index contributed by atoms with van der Waals surface area (Å²) in [4.78, 5) is 22.7. The number of carbonyl (C=O) groups is 2. The molecule has 6 heteroatoms. The number of carbonyl (C=O) groups excluding carboxylic acids is 1. The van der Waals surface area contributed by atoms with E-state index in [1.165, 1.54) is 11.3 Å². The van der Waals surface area contributed by atoms with Crippen molar-refractivity contribution in [2.45, 2.75) is 18.4 Å². The van der Waals surface area contributed by atoms with Gasteiger partial charge in [-0.15, -0.1) is 0 Å². The minimum Gasteiger partial charge on any atom is -0.481 e. The van der Waals surface area contributed by atoms with E-state index in [2.05, 4.69) is 15.9 Å². The van der Waals surface area contributed by atoms with Gasteiger partial charge in [-0.1, -0.05) is 28.1 Å². The third-order valence-electron chi connectivity index (χ3n) is 3.20. The maximum atomic E-state index is 12.0. The Kier molecular flexibility index (Phi) is 4.92. The Morgan fingerprint density at radius 2 is 2.05 bits per heavy atom. The molecule has 0 saturated heterocycles. The predicted molar refractivity (Wildman–Crippen MR) is 85.3 cm³/mol. The van der Waals surface area contributed by atoms with Crippen molar-refractivity contribution in [1.82, 2.24) is 0 Å². The number of carboxylic acids is 1. The van der Waals surface area contributed by atoms with Gasteiger partial charge in [-0.3, -0.25) is 9.59 Å². The molecule has 1 heterocycles. The minimum absolute atomic E-state index is 0.0491. The Bertz CT molecular complexity index is 657. The molecule has 4 nitrogen and oxygen atoms in total. The van der Waals surface area contributed by atoms with E-state index in [-0.39, 0.29) is 6.42 Å². The molecule has 0 radical (unpaired) electrons. The molecule has 0 bridgehead atoms. The molecule has 0 amide bonds. The molecule has 0 saturated carbocycles. The number of carboxylic acid groups (broad SMARTS) is 1. The van der Waals surface area contributed by atoms with Gasteiger partial charge in [-0.25, -0.2) is 0 Å². The summed E-state index contributed by atoms with van der Waals surface area (Å²) in [6.07, 6.45) is -0.566. The molecule has 2 rings (SSSR count). The SMILES string of the molecule is NC(CC(=O)CC(=O)O)(c1ccsc1)c1cccc(Br)c1. The zero-order valence-electron chi connectivity index (χ0n) is 11.1. The van der Waals surface area contributed by atoms with E-state index in [1.807, 2.05) is 41.1 Å². The Morgan fingerprint density at radius 3 is 2.62 bits per heavy atom. The van der Waals surface area contributed by atoms with Crippen LogP contribution in [-0.4, -0.2) is 16.9 Å². The zero-order chi connectivity index (χ0) is 15.5. The Hall–Kier alpha value is -1.50. The third kappa shape index (κ3) is 3.78. The van der Waals surface area contributed by atoms with Gasteiger partial charge >= 0.3 is 5.97 Å². The lowest BCUT2D eigenvalue weighted by molar-refractivity contribution is -0.140. The first-order valence-electron chi connectivity index (χ1n) is 6.23. The van der Waals surface area contributed by atoms with Crippen LogP contribution in [0.3, 0.4) is 0 Å². The van der Waals surface area contributed by atoms with E-state index in [0.717, 1.165) is 15.6 Å². The first kappa shape index (κ1) is 15.9. The normalized spacial score (nSPS) is 13.6. The fourth-order valence-electron chi connectivity index (χ4n) is 2.20. The van der Waals surface area contributed by atoms with Gasteiger partial charge in [0.2, 0.25) is 0 Å². The minimum atomic E-state index is -1.14. The highest BCUT2D eigenvalue weighted by molar-refractivity contribution is 9.10. The molecule has 1 atom stereocenters. The molecule has 2 aromatic rings. The van der Waals surface area contributed by atoms with Crippen LogP contribution < -0.4 is 5.73 Å². The van der Waals surface area contributed by atoms with Crippen LogP contribution in [0, 0.1) is 0 Å². The molecule has 0 aliphatic rings. The highest BCUT2D eigenvalue weighted by atomic mass is 79.9. The van der Waals surface area contributed by atoms with Crippen LogP contribution in [0.5, 0.6) is 0 Å². The standard InChI is InChI=1S/C15H14BrNO3S/c16-12-3-1-2-10(6-12)15(17,11-4-5-21-9-11)8-13(18)7-14(19)20/h1-6,9H,7-8,17H2,(H,19,20). The molecule has 0 aliphatic carbocycles. The Balaban J connectivity index is 2.40. The van der Waals surface area contributed by atoms with Crippen molar-refractivity contribution in [1.29, 1.82) is 0 Å². The topological polar surface area (TPSA) is 80.4 Å². The number of nitrogens with two attached hydrogens (primary N) is 1. The lowest BCUT2D eigenvalue weighted by Gasteiger charge is -2.29. The molecule has 21 heavy (non-hydrogen) atoms. The van der Waals surface area contributed by atoms with Crippen LogP contribution in [-0.2, 0) is 15.1 Å². The second-order valence-corrected chi connectivity index (χ2v) is 6.48. The maximum absolute atomic E-state index is 12.0. The smallest absolute Gasteiger partial charge is 0.310 e. The quantitative estimate of drug-likeness (QED) is 0.768. The molecule has 3 N–H and O–H groups in total. The molecular weight excluding hydrogens is 354 g/mol. The molecule has 0 spiro atoms. The van der Waals surface area contributed by atoms with Gasteiger partial charge in [0.1, 0.15) is 12.2 Å². The van der Waals surface area contributed by atoms with Gasteiger partial charge in [0, 0.05) is 10.9 Å². The van der Waals surface area contributed by atoms with Gasteiger partial charge in [-0.05, 0) is 40.1 Å². The first-order valence-corrected chi connectivity index (χ1v) is 7.96. The molecule has 0 aliphatic heterocycles. The van der Waals surface area contributed by atoms with Crippen LogP contribution in [0.4, 0.5) is 0 Å². The van der Waals surface area contributed by atoms with Gasteiger partial charge in [0.25, 0.3) is 0 Å². The van der Waals surface area contributed by atoms with Crippen LogP contribution in [0.2, 0.25) is 0 Å². The van der Waals surface area contributed by atoms with Crippen molar-refractivity contribution in [3.63, 3.8) is 0 Å². The number of thiophene rings is 1. The third-order valence-corrected chi connectivity index (χ3v) is 4.38. The van der Waals surface area contributed by atoms with E-state index in [9.17, 15) is 9.59 Å². The lowest BCUT2D eigenvalue weighted by Crippen LogP contribution is -2.40. The average Bonchev–Trinajstić information content (AvgIpc) is 2.91. The van der Waals surface area contributed by atoms with Gasteiger partial charge in [0.05, 0.1) is 5.54 Å². The van der Waals surface area contributed by atoms with Crippen LogP contribution >= 0.6 is 27.3 Å². The Morgan fingerprint density at radius 1 is 1.29 bits per heavy atom. The fourth-order valence-corrected chi connectivity index (χ4v) is 3.34. The zero-order valence-corrected chi connectivity index (χ0v) is 13.5. The van der Waals surface area contributed by atoms with Crippen molar-refractivity contribution in [2.75, 3.05) is 0 Å². The van der Waals surface area contributed by atoms with Gasteiger partial charge < -0.3 is 10.8 Å². The summed E-state index contributed by atoms with van der Waals surface area (Å²) in [5.74, 6) is -1.53. The maximum Gasteiger partial charge on any atom is 0.310 e. The fraction of sp³-hybridized carbons (Fsp3) is 0.200. The summed E-state index contributed by atoms with van der Waals surface area (Å²) in [6, 6.07) is 9.27. The average molecular weight is 368 g/mol. The number of hydrogen-bond donors (Lipinski definition) is 2. The van der Waals surface area contributed by atoms with Crippen molar-refractivity contribution < 1.29 is 14.7 Å². The monoisotopic (exact) mass is 367 g/mol. The number of benzene rings is 1. The summed E-state index contributed by atoms with van der Waals surface area (Å²) in [5, 5.41) is 12.5. The summed E-state index contributed by atoms with van der Waals surface area (Å²) in [5.41, 5.74) is 7.07. The van der Waals surface area contributed by atoms with Crippen molar-refractivity contribution >= 4 is 39.0 Å². The van der Waals surface area contributed by atoms with E-state index >= 15 is 0 Å². The molecule has 1 aromatic heterocycles. The molecule has 110 valence electrons. The van der Waals surface area contributed by atoms with Crippen molar-refractivity contribution in [3.05, 3.63) is 56.7 Å². The highest BCUT2D eigenvalue weighted by Crippen LogP contribution is 2.33. The number of aliphatic carboxylic acids is 1. The van der Waals surface area contributed by atoms with E-state index < -0.39 is 23.7 Å². The summed E-state index contributed by atoms with van der Waals surface area (Å²) >= 11 is 4.88. The van der Waals surface area contributed by atoms with E-state index in [1.54, 1.807) is 0 Å². The number of ketones is 1. The number of halogens is 1. The molecular formula is C15H14BrNO3S. The van der Waals surface area contributed by atoms with E-state index in [4.69, 9.17) is 10.8 Å². The van der Waals surface area contributed by atoms with Gasteiger partial charge in [0.15, 0.2) is 0 Å². The molecule has 1 aromatic carbocycles. The summed E-state index contributed by atoms with van der Waals surface area (Å²) in [6.45, 7) is 0. The highest BCUT2D eigenvalue weighted by Gasteiger charge is 2.33. The lowest BCUT2D eigenvalue weighted by atomic mass is 9.80. The number of Topliss-reactive ketones (excluding diaryl/α,β-unsaturated/α-hetero) is 1. The Labute approximate surface area is 134 Å². The molecule has 1 unspecified atom stereocenters. The summed E-state index contributed by atoms with van der Waals surface area (Å²) in [7, 11) is 0. The summed E-state index contributed by atoms with van der Waals surface area (Å²) < 4.78 is 0.857. The second kappa shape index (κ2) is 6.51. The van der Waals surface area contributed by atoms with Crippen LogP contribution in [0.1, 0.15) is 24.0 Å². The largest absolute Gasteiger partial charge is 0.481 e.